The summed E-state index contributed by atoms with van der Waals surface area (Å²) in [5.41, 5.74) is 0. The molecule has 0 bridgehead atoms. The fourth-order valence-electron chi connectivity index (χ4n) is 0.506. The number of amides is 1. The van der Waals surface area contributed by atoms with Crippen molar-refractivity contribution in [2.75, 3.05) is 13.6 Å². The maximum atomic E-state index is 10.0. The highest BCUT2D eigenvalue weighted by atomic mass is 31.2. The third-order valence-corrected chi connectivity index (χ3v) is 2.46. The molecule has 0 rings (SSSR count). The first-order valence-corrected chi connectivity index (χ1v) is 6.41. The molecule has 0 saturated heterocycles. The normalized spacial score (nSPS) is 13.3. The van der Waals surface area contributed by atoms with Crippen molar-refractivity contribution >= 4 is 22.6 Å². The van der Waals surface area contributed by atoms with Gasteiger partial charge in [0, 0.05) is 13.6 Å². The molecule has 0 aromatic heterocycles. The standard InChI is InChI=1S/C5H11NO2.H4O5P2/c1-3-4-6(2)5(7)8;1-6(2)5-7(3)4/h3-4H2,1-2H3,(H,7,8);6-7H,(H,1,2)(H,3,4). The first-order chi connectivity index (χ1) is 6.81. The zero-order valence-electron chi connectivity index (χ0n) is 8.34. The van der Waals surface area contributed by atoms with Crippen LogP contribution in [-0.4, -0.2) is 39.5 Å². The Bertz CT molecular complexity index is 221. The fourth-order valence-corrected chi connectivity index (χ4v) is 1.10. The number of rotatable bonds is 4. The smallest absolute Gasteiger partial charge is 0.407 e. The van der Waals surface area contributed by atoms with Crippen LogP contribution < -0.4 is 0 Å². The molecule has 0 aliphatic rings. The zero-order chi connectivity index (χ0) is 12.4. The minimum Gasteiger partial charge on any atom is -0.465 e. The molecule has 2 unspecified atom stereocenters. The number of carboxylic acid groups (broad SMARTS) is 1. The minimum atomic E-state index is -3.20. The van der Waals surface area contributed by atoms with Crippen LogP contribution >= 0.6 is 16.5 Å². The maximum Gasteiger partial charge on any atom is 0.407 e. The predicted octanol–water partition coefficient (Wildman–Crippen LogP) is 0.773. The van der Waals surface area contributed by atoms with Crippen molar-refractivity contribution in [3.05, 3.63) is 0 Å². The van der Waals surface area contributed by atoms with Crippen LogP contribution in [-0.2, 0) is 13.4 Å². The molecule has 0 heterocycles. The number of hydrogen-bond donors (Lipinski definition) is 3. The lowest BCUT2D eigenvalue weighted by atomic mass is 10.5. The summed E-state index contributed by atoms with van der Waals surface area (Å²) in [6.45, 7) is 2.56. The summed E-state index contributed by atoms with van der Waals surface area (Å²) in [6, 6.07) is 0. The van der Waals surface area contributed by atoms with E-state index in [4.69, 9.17) is 14.9 Å². The molecule has 15 heavy (non-hydrogen) atoms. The van der Waals surface area contributed by atoms with E-state index in [1.54, 1.807) is 7.05 Å². The second-order valence-electron chi connectivity index (χ2n) is 2.34. The van der Waals surface area contributed by atoms with Crippen molar-refractivity contribution in [2.24, 2.45) is 0 Å². The lowest BCUT2D eigenvalue weighted by molar-refractivity contribution is 0.156. The SMILES string of the molecule is CCCN(C)C(=O)O.O=[PH](O)O[PH](=O)O. The Hall–Kier alpha value is -0.390. The number of nitrogens with zero attached hydrogens (tertiary/aromatic N) is 1. The van der Waals surface area contributed by atoms with Gasteiger partial charge in [0.05, 0.1) is 0 Å². The molecule has 92 valence electrons. The highest BCUT2D eigenvalue weighted by Crippen LogP contribution is 2.30. The van der Waals surface area contributed by atoms with Crippen LogP contribution in [0, 0.1) is 0 Å². The molecule has 0 spiro atoms. The Kier molecular flexibility index (Phi) is 11.5. The summed E-state index contributed by atoms with van der Waals surface area (Å²) in [4.78, 5) is 26.7. The minimum absolute atomic E-state index is 0.620. The van der Waals surface area contributed by atoms with Crippen LogP contribution in [0.5, 0.6) is 0 Å². The van der Waals surface area contributed by atoms with Crippen LogP contribution in [0.2, 0.25) is 0 Å². The third-order valence-electron chi connectivity index (χ3n) is 1.06. The Morgan fingerprint density at radius 1 is 1.33 bits per heavy atom. The van der Waals surface area contributed by atoms with Gasteiger partial charge >= 0.3 is 22.6 Å². The first kappa shape index (κ1) is 17.0. The zero-order valence-corrected chi connectivity index (χ0v) is 10.3. The van der Waals surface area contributed by atoms with Gasteiger partial charge in [-0.25, -0.2) is 9.11 Å². The second kappa shape index (κ2) is 10.1. The summed E-state index contributed by atoms with van der Waals surface area (Å²) in [5.74, 6) is 0. The Balaban J connectivity index is 0. The van der Waals surface area contributed by atoms with E-state index in [1.807, 2.05) is 6.92 Å². The molecule has 0 fully saturated rings. The van der Waals surface area contributed by atoms with Crippen molar-refractivity contribution in [2.45, 2.75) is 13.3 Å². The fraction of sp³-hybridized carbons (Fsp3) is 0.800. The topological polar surface area (TPSA) is 124 Å². The lowest BCUT2D eigenvalue weighted by Gasteiger charge is -2.09. The monoisotopic (exact) mass is 263 g/mol. The average molecular weight is 263 g/mol. The van der Waals surface area contributed by atoms with Gasteiger partial charge in [-0.2, -0.15) is 0 Å². The summed E-state index contributed by atoms with van der Waals surface area (Å²) in [5, 5.41) is 8.24. The Labute approximate surface area is 88.4 Å². The molecular weight excluding hydrogens is 248 g/mol. The molecule has 8 nitrogen and oxygen atoms in total. The van der Waals surface area contributed by atoms with E-state index in [2.05, 4.69) is 4.31 Å². The van der Waals surface area contributed by atoms with Gasteiger partial charge in [0.2, 0.25) is 0 Å². The first-order valence-electron chi connectivity index (χ1n) is 3.89. The van der Waals surface area contributed by atoms with Gasteiger partial charge in [0.15, 0.2) is 0 Å². The highest BCUT2D eigenvalue weighted by molar-refractivity contribution is 7.46. The number of hydrogen-bond acceptors (Lipinski definition) is 4. The Morgan fingerprint density at radius 2 is 1.73 bits per heavy atom. The van der Waals surface area contributed by atoms with Crippen LogP contribution in [0.15, 0.2) is 0 Å². The quantitative estimate of drug-likeness (QED) is 0.640. The van der Waals surface area contributed by atoms with E-state index in [-0.39, 0.29) is 0 Å². The summed E-state index contributed by atoms with van der Waals surface area (Å²) < 4.78 is 22.3. The van der Waals surface area contributed by atoms with Gasteiger partial charge in [0.1, 0.15) is 0 Å². The molecule has 0 aromatic rings. The predicted molar refractivity (Wildman–Crippen MR) is 54.5 cm³/mol. The molecular formula is C5H15NO7P2. The van der Waals surface area contributed by atoms with Crippen molar-refractivity contribution in [1.82, 2.24) is 4.90 Å². The van der Waals surface area contributed by atoms with E-state index in [9.17, 15) is 13.9 Å². The second-order valence-corrected chi connectivity index (χ2v) is 4.22. The van der Waals surface area contributed by atoms with Crippen LogP contribution in [0.3, 0.4) is 0 Å². The van der Waals surface area contributed by atoms with Crippen molar-refractivity contribution in [1.29, 1.82) is 0 Å². The van der Waals surface area contributed by atoms with Crippen LogP contribution in [0.1, 0.15) is 13.3 Å². The van der Waals surface area contributed by atoms with Gasteiger partial charge in [-0.05, 0) is 6.42 Å². The molecule has 1 amide bonds. The highest BCUT2D eigenvalue weighted by Gasteiger charge is 2.00. The molecule has 2 atom stereocenters. The van der Waals surface area contributed by atoms with Crippen molar-refractivity contribution < 1.29 is 33.1 Å². The third kappa shape index (κ3) is 16.3. The van der Waals surface area contributed by atoms with Gasteiger partial charge < -0.3 is 19.8 Å². The van der Waals surface area contributed by atoms with Gasteiger partial charge in [-0.3, -0.25) is 9.13 Å². The van der Waals surface area contributed by atoms with E-state index in [0.29, 0.717) is 6.54 Å². The molecule has 0 aliphatic heterocycles. The Morgan fingerprint density at radius 3 is 1.80 bits per heavy atom. The molecule has 10 heteroatoms. The largest absolute Gasteiger partial charge is 0.465 e. The van der Waals surface area contributed by atoms with Gasteiger partial charge in [-0.1, -0.05) is 6.92 Å². The van der Waals surface area contributed by atoms with Crippen molar-refractivity contribution in [3.63, 3.8) is 0 Å². The summed E-state index contributed by atoms with van der Waals surface area (Å²) in [6.07, 6.45) is 0.0230. The molecule has 3 N–H and O–H groups in total. The number of carbonyl (C=O) groups is 1. The van der Waals surface area contributed by atoms with Crippen molar-refractivity contribution in [3.8, 4) is 0 Å². The van der Waals surface area contributed by atoms with E-state index in [1.165, 1.54) is 4.90 Å². The van der Waals surface area contributed by atoms with Gasteiger partial charge in [-0.15, -0.1) is 0 Å². The molecule has 0 aliphatic carbocycles. The van der Waals surface area contributed by atoms with Crippen LogP contribution in [0.25, 0.3) is 0 Å². The molecule has 0 aromatic carbocycles. The van der Waals surface area contributed by atoms with Gasteiger partial charge in [0.25, 0.3) is 0 Å². The summed E-state index contributed by atoms with van der Waals surface area (Å²) >= 11 is 0. The maximum absolute atomic E-state index is 10.0. The van der Waals surface area contributed by atoms with E-state index in [0.717, 1.165) is 6.42 Å². The van der Waals surface area contributed by atoms with Crippen LogP contribution in [0.4, 0.5) is 4.79 Å². The molecule has 0 saturated carbocycles. The van der Waals surface area contributed by atoms with E-state index < -0.39 is 22.6 Å². The lowest BCUT2D eigenvalue weighted by Crippen LogP contribution is -2.24. The molecule has 0 radical (unpaired) electrons. The van der Waals surface area contributed by atoms with E-state index >= 15 is 0 Å². The summed E-state index contributed by atoms with van der Waals surface area (Å²) in [7, 11) is -4.84. The average Bonchev–Trinajstić information content (AvgIpc) is 2.02.